The van der Waals surface area contributed by atoms with Crippen LogP contribution in [0.5, 0.6) is 5.75 Å². The van der Waals surface area contributed by atoms with Crippen LogP contribution in [-0.2, 0) is 0 Å². The monoisotopic (exact) mass is 450 g/mol. The van der Waals surface area contributed by atoms with Gasteiger partial charge in [-0.05, 0) is 77.9 Å². The molecule has 0 fully saturated rings. The molecule has 0 aliphatic rings. The van der Waals surface area contributed by atoms with Gasteiger partial charge in [0.05, 0.1) is 6.54 Å². The minimum atomic E-state index is -0.138. The number of rotatable bonds is 7. The maximum absolute atomic E-state index is 12.4. The number of para-hydroxylation sites is 1. The van der Waals surface area contributed by atoms with E-state index in [1.807, 2.05) is 73.6 Å². The third-order valence-electron chi connectivity index (χ3n) is 5.19. The van der Waals surface area contributed by atoms with Gasteiger partial charge in [-0.2, -0.15) is 0 Å². The van der Waals surface area contributed by atoms with Crippen LogP contribution in [0.4, 0.5) is 5.69 Å². The summed E-state index contributed by atoms with van der Waals surface area (Å²) >= 11 is 0. The highest BCUT2D eigenvalue weighted by atomic mass is 16.5. The molecule has 0 heterocycles. The molecule has 1 N–H and O–H groups in total. The van der Waals surface area contributed by atoms with Crippen molar-refractivity contribution in [3.8, 4) is 29.4 Å². The fourth-order valence-corrected chi connectivity index (χ4v) is 3.27. The lowest BCUT2D eigenvalue weighted by atomic mass is 10.0. The molecule has 0 saturated carbocycles. The Hall–Kier alpha value is -4.15. The van der Waals surface area contributed by atoms with E-state index in [1.165, 1.54) is 0 Å². The van der Waals surface area contributed by atoms with E-state index < -0.39 is 0 Å². The van der Waals surface area contributed by atoms with Crippen LogP contribution < -0.4 is 15.0 Å². The Morgan fingerprint density at radius 1 is 0.882 bits per heavy atom. The summed E-state index contributed by atoms with van der Waals surface area (Å²) in [6, 6.07) is 23.2. The molecule has 0 saturated heterocycles. The number of benzene rings is 3. The molecular formula is C30H30N2O2. The SMILES string of the molecule is CC(C)c1ccccc1OCCNC(=O)c1ccc(C#CC#Cc2ccc(N(C)C)cc2)cc1. The molecule has 0 aromatic heterocycles. The number of nitrogens with one attached hydrogen (secondary N) is 1. The molecule has 3 aromatic carbocycles. The maximum atomic E-state index is 12.4. The van der Waals surface area contributed by atoms with E-state index in [9.17, 15) is 4.79 Å². The van der Waals surface area contributed by atoms with Gasteiger partial charge < -0.3 is 15.0 Å². The van der Waals surface area contributed by atoms with Gasteiger partial charge in [0.1, 0.15) is 12.4 Å². The summed E-state index contributed by atoms with van der Waals surface area (Å²) in [6.07, 6.45) is 0. The van der Waals surface area contributed by atoms with Crippen LogP contribution in [0.25, 0.3) is 0 Å². The third-order valence-corrected chi connectivity index (χ3v) is 5.19. The number of ether oxygens (including phenoxy) is 1. The Kier molecular flexibility index (Phi) is 8.78. The summed E-state index contributed by atoms with van der Waals surface area (Å²) in [5.41, 5.74) is 4.61. The Bertz CT molecular complexity index is 1220. The molecule has 1 amide bonds. The van der Waals surface area contributed by atoms with Crippen molar-refractivity contribution in [3.05, 3.63) is 95.1 Å². The first-order valence-corrected chi connectivity index (χ1v) is 11.3. The molecule has 4 heteroatoms. The Labute approximate surface area is 203 Å². The molecule has 34 heavy (non-hydrogen) atoms. The molecule has 0 unspecified atom stereocenters. The number of carbonyl (C=O) groups excluding carboxylic acids is 1. The van der Waals surface area contributed by atoms with Crippen LogP contribution in [0.1, 0.15) is 46.8 Å². The number of amides is 1. The highest BCUT2D eigenvalue weighted by Gasteiger charge is 2.08. The summed E-state index contributed by atoms with van der Waals surface area (Å²) in [6.45, 7) is 5.11. The van der Waals surface area contributed by atoms with Crippen molar-refractivity contribution in [3.63, 3.8) is 0 Å². The van der Waals surface area contributed by atoms with Crippen molar-refractivity contribution in [1.82, 2.24) is 5.32 Å². The number of nitrogens with zero attached hydrogens (tertiary/aromatic N) is 1. The summed E-state index contributed by atoms with van der Waals surface area (Å²) in [5, 5.41) is 2.89. The van der Waals surface area contributed by atoms with E-state index in [1.54, 1.807) is 12.1 Å². The van der Waals surface area contributed by atoms with Crippen molar-refractivity contribution in [2.45, 2.75) is 19.8 Å². The van der Waals surface area contributed by atoms with Crippen LogP contribution in [0, 0.1) is 23.7 Å². The van der Waals surface area contributed by atoms with E-state index >= 15 is 0 Å². The molecule has 0 radical (unpaired) electrons. The first-order chi connectivity index (χ1) is 16.4. The van der Waals surface area contributed by atoms with Crippen LogP contribution >= 0.6 is 0 Å². The van der Waals surface area contributed by atoms with Gasteiger partial charge in [0, 0.05) is 36.5 Å². The van der Waals surface area contributed by atoms with Crippen molar-refractivity contribution in [1.29, 1.82) is 0 Å². The zero-order valence-corrected chi connectivity index (χ0v) is 20.2. The smallest absolute Gasteiger partial charge is 0.251 e. The largest absolute Gasteiger partial charge is 0.491 e. The first-order valence-electron chi connectivity index (χ1n) is 11.3. The maximum Gasteiger partial charge on any atom is 0.251 e. The van der Waals surface area contributed by atoms with Crippen molar-refractivity contribution < 1.29 is 9.53 Å². The fraction of sp³-hybridized carbons (Fsp3) is 0.233. The second kappa shape index (κ2) is 12.2. The Morgan fingerprint density at radius 2 is 1.47 bits per heavy atom. The highest BCUT2D eigenvalue weighted by Crippen LogP contribution is 2.25. The average Bonchev–Trinajstić information content (AvgIpc) is 2.85. The standard InChI is InChI=1S/C30H30N2O2/c1-23(2)28-11-7-8-12-29(28)34-22-21-31-30(33)26-17-13-24(14-18-26)9-5-6-10-25-15-19-27(20-16-25)32(3)4/h7-8,11-20,23H,21-22H2,1-4H3,(H,31,33). The van der Waals surface area contributed by atoms with E-state index in [-0.39, 0.29) is 5.91 Å². The van der Waals surface area contributed by atoms with Gasteiger partial charge in [-0.1, -0.05) is 43.9 Å². The summed E-state index contributed by atoms with van der Waals surface area (Å²) in [4.78, 5) is 14.4. The zero-order valence-electron chi connectivity index (χ0n) is 20.2. The van der Waals surface area contributed by atoms with Crippen LogP contribution in [0.3, 0.4) is 0 Å². The summed E-state index contributed by atoms with van der Waals surface area (Å²) in [7, 11) is 4.01. The predicted molar refractivity (Wildman–Crippen MR) is 139 cm³/mol. The summed E-state index contributed by atoms with van der Waals surface area (Å²) < 4.78 is 5.86. The number of carbonyl (C=O) groups is 1. The van der Waals surface area contributed by atoms with Gasteiger partial charge in [0.25, 0.3) is 5.91 Å². The topological polar surface area (TPSA) is 41.6 Å². The van der Waals surface area contributed by atoms with E-state index in [0.29, 0.717) is 24.6 Å². The number of anilines is 1. The van der Waals surface area contributed by atoms with Crippen molar-refractivity contribution in [2.75, 3.05) is 32.1 Å². The molecular weight excluding hydrogens is 420 g/mol. The summed E-state index contributed by atoms with van der Waals surface area (Å²) in [5.74, 6) is 12.9. The number of hydrogen-bond acceptors (Lipinski definition) is 3. The van der Waals surface area contributed by atoms with E-state index in [4.69, 9.17) is 4.74 Å². The Balaban J connectivity index is 1.48. The molecule has 0 spiro atoms. The van der Waals surface area contributed by atoms with Gasteiger partial charge in [0.2, 0.25) is 0 Å². The third kappa shape index (κ3) is 7.19. The van der Waals surface area contributed by atoms with Gasteiger partial charge in [-0.25, -0.2) is 0 Å². The molecule has 4 nitrogen and oxygen atoms in total. The highest BCUT2D eigenvalue weighted by molar-refractivity contribution is 5.94. The van der Waals surface area contributed by atoms with Crippen LogP contribution in [-0.4, -0.2) is 33.2 Å². The number of hydrogen-bond donors (Lipinski definition) is 1. The molecule has 0 aliphatic carbocycles. The molecule has 3 rings (SSSR count). The normalized spacial score (nSPS) is 9.91. The van der Waals surface area contributed by atoms with Crippen LogP contribution in [0.2, 0.25) is 0 Å². The molecule has 172 valence electrons. The van der Waals surface area contributed by atoms with E-state index in [0.717, 1.165) is 28.1 Å². The quantitative estimate of drug-likeness (QED) is 0.403. The molecule has 3 aromatic rings. The van der Waals surface area contributed by atoms with Gasteiger partial charge in [-0.3, -0.25) is 4.79 Å². The molecule has 0 atom stereocenters. The minimum absolute atomic E-state index is 0.138. The molecule has 0 aliphatic heterocycles. The van der Waals surface area contributed by atoms with E-state index in [2.05, 4.69) is 48.9 Å². The van der Waals surface area contributed by atoms with Crippen LogP contribution in [0.15, 0.2) is 72.8 Å². The minimum Gasteiger partial charge on any atom is -0.491 e. The zero-order chi connectivity index (χ0) is 24.3. The lowest BCUT2D eigenvalue weighted by molar-refractivity contribution is 0.0947. The van der Waals surface area contributed by atoms with Gasteiger partial charge >= 0.3 is 0 Å². The average molecular weight is 451 g/mol. The second-order valence-electron chi connectivity index (χ2n) is 8.32. The first kappa shape index (κ1) is 24.5. The fourth-order valence-electron chi connectivity index (χ4n) is 3.27. The van der Waals surface area contributed by atoms with Gasteiger partial charge in [0.15, 0.2) is 0 Å². The lowest BCUT2D eigenvalue weighted by Crippen LogP contribution is -2.28. The van der Waals surface area contributed by atoms with Crippen molar-refractivity contribution >= 4 is 11.6 Å². The lowest BCUT2D eigenvalue weighted by Gasteiger charge is -2.14. The van der Waals surface area contributed by atoms with Crippen molar-refractivity contribution in [2.24, 2.45) is 0 Å². The Morgan fingerprint density at radius 3 is 2.06 bits per heavy atom. The second-order valence-corrected chi connectivity index (χ2v) is 8.32. The predicted octanol–water partition coefficient (Wildman–Crippen LogP) is 5.09. The molecule has 0 bridgehead atoms. The van der Waals surface area contributed by atoms with Gasteiger partial charge in [-0.15, -0.1) is 0 Å².